The molecule has 1 unspecified atom stereocenters. The number of rotatable bonds is 6. The van der Waals surface area contributed by atoms with E-state index in [4.69, 9.17) is 4.84 Å². The Hall–Kier alpha value is -2.82. The van der Waals surface area contributed by atoms with Crippen molar-refractivity contribution in [3.05, 3.63) is 71.3 Å². The molecule has 7 rings (SSSR count). The number of carbonyl (C=O) groups is 1. The molecule has 1 atom stereocenters. The lowest BCUT2D eigenvalue weighted by molar-refractivity contribution is -0.0172. The molecule has 4 bridgehead atoms. The number of aryl methyl sites for hydroxylation is 1. The minimum absolute atomic E-state index is 0.000856. The molecule has 34 heavy (non-hydrogen) atoms. The summed E-state index contributed by atoms with van der Waals surface area (Å²) in [5, 5.41) is 7.94. The van der Waals surface area contributed by atoms with Crippen molar-refractivity contribution in [2.24, 2.45) is 22.9 Å². The monoisotopic (exact) mass is 457 g/mol. The predicted molar refractivity (Wildman–Crippen MR) is 133 cm³/mol. The molecule has 0 radical (unpaired) electrons. The second-order valence-electron chi connectivity index (χ2n) is 11.3. The zero-order valence-corrected chi connectivity index (χ0v) is 20.1. The largest absolute Gasteiger partial charge is 0.390 e. The van der Waals surface area contributed by atoms with Gasteiger partial charge in [-0.2, -0.15) is 0 Å². The van der Waals surface area contributed by atoms with Gasteiger partial charge in [-0.15, -0.1) is 0 Å². The highest BCUT2D eigenvalue weighted by Crippen LogP contribution is 2.55. The molecule has 0 spiro atoms. The molecule has 178 valence electrons. The lowest BCUT2D eigenvalue weighted by Crippen LogP contribution is -2.62. The average molecular weight is 458 g/mol. The molecular formula is C29H35N3O2. The van der Waals surface area contributed by atoms with Crippen LogP contribution in [0, 0.1) is 24.7 Å². The van der Waals surface area contributed by atoms with Crippen molar-refractivity contribution in [2.45, 2.75) is 70.1 Å². The van der Waals surface area contributed by atoms with Crippen LogP contribution in [-0.4, -0.2) is 34.8 Å². The highest BCUT2D eigenvalue weighted by molar-refractivity contribution is 6.01. The van der Waals surface area contributed by atoms with Gasteiger partial charge in [-0.05, 0) is 74.3 Å². The topological polar surface area (TPSA) is 53.9 Å². The van der Waals surface area contributed by atoms with Crippen LogP contribution >= 0.6 is 0 Å². The number of benzene rings is 2. The van der Waals surface area contributed by atoms with Crippen LogP contribution in [0.2, 0.25) is 0 Å². The first-order valence-corrected chi connectivity index (χ1v) is 12.9. The third-order valence-electron chi connectivity index (χ3n) is 8.46. The van der Waals surface area contributed by atoms with Crippen molar-refractivity contribution in [1.29, 1.82) is 0 Å². The van der Waals surface area contributed by atoms with Gasteiger partial charge in [-0.3, -0.25) is 0 Å². The normalized spacial score (nSPS) is 31.1. The van der Waals surface area contributed by atoms with E-state index in [1.807, 2.05) is 23.1 Å². The Morgan fingerprint density at radius 3 is 2.29 bits per heavy atom. The Balaban J connectivity index is 1.16. The van der Waals surface area contributed by atoms with Gasteiger partial charge in [-0.1, -0.05) is 65.3 Å². The summed E-state index contributed by atoms with van der Waals surface area (Å²) in [6.07, 6.45) is 8.19. The fourth-order valence-corrected chi connectivity index (χ4v) is 7.28. The highest BCUT2D eigenvalue weighted by Gasteiger charge is 2.52. The standard InChI is InChI=1S/C29H35N3O2/c1-20-7-9-25(10-8-20)27-14-26(34-31-27)19-32(18-21-5-3-2-4-6-21)28(33)30-29-15-22-11-23(16-29)13-24(12-22)17-29/h2-10,22-24,26H,11-19H2,1H3,(H,30,33). The second-order valence-corrected chi connectivity index (χ2v) is 11.3. The first-order valence-electron chi connectivity index (χ1n) is 12.9. The molecule has 0 aromatic heterocycles. The van der Waals surface area contributed by atoms with Crippen molar-refractivity contribution >= 4 is 11.7 Å². The number of hydrogen-bond acceptors (Lipinski definition) is 3. The third kappa shape index (κ3) is 4.45. The maximum Gasteiger partial charge on any atom is 0.318 e. The van der Waals surface area contributed by atoms with Crippen molar-refractivity contribution in [3.8, 4) is 0 Å². The molecule has 4 fully saturated rings. The molecule has 1 N–H and O–H groups in total. The van der Waals surface area contributed by atoms with Crippen LogP contribution in [0.25, 0.3) is 0 Å². The summed E-state index contributed by atoms with van der Waals surface area (Å²) in [5.41, 5.74) is 4.43. The SMILES string of the molecule is Cc1ccc(C2=NOC(CN(Cc3ccccc3)C(=O)NC34CC5CC(CC(C5)C3)C4)C2)cc1. The molecule has 0 saturated heterocycles. The maximum atomic E-state index is 13.7. The van der Waals surface area contributed by atoms with Gasteiger partial charge < -0.3 is 15.1 Å². The molecule has 2 aromatic carbocycles. The molecule has 4 aliphatic carbocycles. The van der Waals surface area contributed by atoms with E-state index >= 15 is 0 Å². The highest BCUT2D eigenvalue weighted by atomic mass is 16.6. The van der Waals surface area contributed by atoms with Gasteiger partial charge in [0.25, 0.3) is 0 Å². The fraction of sp³-hybridized carbons (Fsp3) is 0.517. The first kappa shape index (κ1) is 21.7. The average Bonchev–Trinajstić information content (AvgIpc) is 3.27. The van der Waals surface area contributed by atoms with Crippen LogP contribution in [0.15, 0.2) is 59.8 Å². The fourth-order valence-electron chi connectivity index (χ4n) is 7.28. The summed E-state index contributed by atoms with van der Waals surface area (Å²) in [4.78, 5) is 21.5. The van der Waals surface area contributed by atoms with E-state index in [1.54, 1.807) is 0 Å². The lowest BCUT2D eigenvalue weighted by atomic mass is 9.53. The summed E-state index contributed by atoms with van der Waals surface area (Å²) in [6, 6.07) is 18.7. The number of nitrogens with one attached hydrogen (secondary N) is 1. The molecule has 1 aliphatic heterocycles. The minimum atomic E-state index is -0.123. The Kier molecular flexibility index (Phi) is 5.59. The first-order chi connectivity index (χ1) is 16.5. The van der Waals surface area contributed by atoms with E-state index in [0.29, 0.717) is 13.1 Å². The van der Waals surface area contributed by atoms with Crippen LogP contribution in [-0.2, 0) is 11.4 Å². The minimum Gasteiger partial charge on any atom is -0.390 e. The summed E-state index contributed by atoms with van der Waals surface area (Å²) in [7, 11) is 0. The Labute approximate surface area is 202 Å². The van der Waals surface area contributed by atoms with Crippen molar-refractivity contribution < 1.29 is 9.63 Å². The van der Waals surface area contributed by atoms with E-state index in [-0.39, 0.29) is 17.7 Å². The Morgan fingerprint density at radius 1 is 1.00 bits per heavy atom. The van der Waals surface area contributed by atoms with Gasteiger partial charge in [-0.25, -0.2) is 4.79 Å². The summed E-state index contributed by atoms with van der Waals surface area (Å²) in [5.74, 6) is 2.41. The molecule has 2 aromatic rings. The van der Waals surface area contributed by atoms with Crippen LogP contribution < -0.4 is 5.32 Å². The predicted octanol–water partition coefficient (Wildman–Crippen LogP) is 5.67. The summed E-state index contributed by atoms with van der Waals surface area (Å²) < 4.78 is 0. The van der Waals surface area contributed by atoms with E-state index < -0.39 is 0 Å². The van der Waals surface area contributed by atoms with Gasteiger partial charge in [0.2, 0.25) is 0 Å². The van der Waals surface area contributed by atoms with Crippen LogP contribution in [0.5, 0.6) is 0 Å². The number of amides is 2. The lowest BCUT2D eigenvalue weighted by Gasteiger charge is -2.57. The quantitative estimate of drug-likeness (QED) is 0.608. The molecule has 5 heteroatoms. The van der Waals surface area contributed by atoms with E-state index in [9.17, 15) is 4.79 Å². The van der Waals surface area contributed by atoms with Crippen LogP contribution in [0.1, 0.15) is 61.6 Å². The van der Waals surface area contributed by atoms with Gasteiger partial charge in [0, 0.05) is 18.5 Å². The van der Waals surface area contributed by atoms with Gasteiger partial charge >= 0.3 is 6.03 Å². The van der Waals surface area contributed by atoms with Crippen molar-refractivity contribution in [2.75, 3.05) is 6.54 Å². The van der Waals surface area contributed by atoms with Crippen LogP contribution in [0.3, 0.4) is 0 Å². The van der Waals surface area contributed by atoms with Gasteiger partial charge in [0.05, 0.1) is 12.3 Å². The second kappa shape index (κ2) is 8.75. The van der Waals surface area contributed by atoms with E-state index in [1.165, 1.54) is 24.8 Å². The molecule has 1 heterocycles. The Morgan fingerprint density at radius 2 is 1.65 bits per heavy atom. The van der Waals surface area contributed by atoms with Crippen molar-refractivity contribution in [3.63, 3.8) is 0 Å². The number of urea groups is 1. The molecule has 5 aliphatic rings. The molecule has 2 amide bonds. The van der Waals surface area contributed by atoms with E-state index in [0.717, 1.165) is 60.3 Å². The molecular weight excluding hydrogens is 422 g/mol. The number of nitrogens with zero attached hydrogens (tertiary/aromatic N) is 2. The summed E-state index contributed by atoms with van der Waals surface area (Å²) in [6.45, 7) is 3.20. The van der Waals surface area contributed by atoms with Gasteiger partial charge in [0.1, 0.15) is 0 Å². The zero-order chi connectivity index (χ0) is 23.1. The Bertz CT molecular complexity index is 1030. The number of hydrogen-bond donors (Lipinski definition) is 1. The van der Waals surface area contributed by atoms with Crippen LogP contribution in [0.4, 0.5) is 4.79 Å². The van der Waals surface area contributed by atoms with Gasteiger partial charge in [0.15, 0.2) is 6.10 Å². The number of carbonyl (C=O) groups excluding carboxylic acids is 1. The molecule has 5 nitrogen and oxygen atoms in total. The smallest absolute Gasteiger partial charge is 0.318 e. The zero-order valence-electron chi connectivity index (χ0n) is 20.1. The molecule has 4 saturated carbocycles. The van der Waals surface area contributed by atoms with E-state index in [2.05, 4.69) is 53.8 Å². The number of oxime groups is 1. The summed E-state index contributed by atoms with van der Waals surface area (Å²) >= 11 is 0. The maximum absolute atomic E-state index is 13.7. The third-order valence-corrected chi connectivity index (χ3v) is 8.46. The van der Waals surface area contributed by atoms with Crippen molar-refractivity contribution in [1.82, 2.24) is 10.2 Å².